The number of benzene rings is 1. The van der Waals surface area contributed by atoms with E-state index in [9.17, 15) is 4.39 Å². The van der Waals surface area contributed by atoms with Crippen molar-refractivity contribution in [1.29, 1.82) is 0 Å². The van der Waals surface area contributed by atoms with E-state index in [4.69, 9.17) is 5.73 Å². The minimum atomic E-state index is -0.144. The van der Waals surface area contributed by atoms with Crippen molar-refractivity contribution in [3.8, 4) is 0 Å². The van der Waals surface area contributed by atoms with Gasteiger partial charge in [0.15, 0.2) is 0 Å². The van der Waals surface area contributed by atoms with Crippen molar-refractivity contribution in [2.75, 3.05) is 0 Å². The second kappa shape index (κ2) is 4.38. The fourth-order valence-corrected chi connectivity index (χ4v) is 1.29. The summed E-state index contributed by atoms with van der Waals surface area (Å²) in [5.74, 6) is -0.144. The summed E-state index contributed by atoms with van der Waals surface area (Å²) >= 11 is 0. The number of aryl methyl sites for hydroxylation is 1. The lowest BCUT2D eigenvalue weighted by Crippen LogP contribution is -2.22. The van der Waals surface area contributed by atoms with Crippen molar-refractivity contribution in [3.63, 3.8) is 0 Å². The summed E-state index contributed by atoms with van der Waals surface area (Å²) in [5.41, 5.74) is 7.57. The average Bonchev–Trinajstić information content (AvgIpc) is 2.11. The Kier molecular flexibility index (Phi) is 3.43. The van der Waals surface area contributed by atoms with Crippen LogP contribution in [0.2, 0.25) is 0 Å². The van der Waals surface area contributed by atoms with E-state index in [2.05, 4.69) is 0 Å². The largest absolute Gasteiger partial charge is 0.327 e. The zero-order valence-electron chi connectivity index (χ0n) is 8.18. The molecule has 0 aromatic heterocycles. The van der Waals surface area contributed by atoms with Gasteiger partial charge in [0.05, 0.1) is 0 Å². The molecule has 13 heavy (non-hydrogen) atoms. The second-order valence-corrected chi connectivity index (χ2v) is 3.47. The van der Waals surface area contributed by atoms with Crippen LogP contribution in [0.5, 0.6) is 0 Å². The predicted molar refractivity (Wildman–Crippen MR) is 53.1 cm³/mol. The SMILES string of the molecule is CCC(N)Cc1cc(C)ccc1F. The highest BCUT2D eigenvalue weighted by atomic mass is 19.1. The minimum absolute atomic E-state index is 0.0660. The molecule has 0 radical (unpaired) electrons. The van der Waals surface area contributed by atoms with Crippen LogP contribution in [0.1, 0.15) is 24.5 Å². The van der Waals surface area contributed by atoms with Gasteiger partial charge in [0.2, 0.25) is 0 Å². The van der Waals surface area contributed by atoms with Gasteiger partial charge in [-0.3, -0.25) is 0 Å². The van der Waals surface area contributed by atoms with Crippen molar-refractivity contribution >= 4 is 0 Å². The molecule has 1 aromatic carbocycles. The number of hydrogen-bond donors (Lipinski definition) is 1. The first-order valence-corrected chi connectivity index (χ1v) is 4.64. The van der Waals surface area contributed by atoms with Crippen LogP contribution in [-0.2, 0) is 6.42 Å². The van der Waals surface area contributed by atoms with Crippen LogP contribution in [0.15, 0.2) is 18.2 Å². The first-order valence-electron chi connectivity index (χ1n) is 4.64. The van der Waals surface area contributed by atoms with E-state index in [0.717, 1.165) is 17.5 Å². The molecule has 1 aromatic rings. The summed E-state index contributed by atoms with van der Waals surface area (Å²) in [7, 11) is 0. The molecular formula is C11H16FN. The zero-order valence-corrected chi connectivity index (χ0v) is 8.18. The van der Waals surface area contributed by atoms with Gasteiger partial charge in [-0.25, -0.2) is 4.39 Å². The average molecular weight is 181 g/mol. The lowest BCUT2D eigenvalue weighted by atomic mass is 10.0. The van der Waals surface area contributed by atoms with Crippen LogP contribution in [0, 0.1) is 12.7 Å². The fourth-order valence-electron chi connectivity index (χ4n) is 1.29. The van der Waals surface area contributed by atoms with Crippen molar-refractivity contribution < 1.29 is 4.39 Å². The molecule has 0 spiro atoms. The van der Waals surface area contributed by atoms with E-state index >= 15 is 0 Å². The summed E-state index contributed by atoms with van der Waals surface area (Å²) in [5, 5.41) is 0. The van der Waals surface area contributed by atoms with E-state index in [1.165, 1.54) is 6.07 Å². The molecule has 0 saturated heterocycles. The summed E-state index contributed by atoms with van der Waals surface area (Å²) in [6.07, 6.45) is 1.51. The van der Waals surface area contributed by atoms with Gasteiger partial charge >= 0.3 is 0 Å². The minimum Gasteiger partial charge on any atom is -0.327 e. The second-order valence-electron chi connectivity index (χ2n) is 3.47. The van der Waals surface area contributed by atoms with Crippen molar-refractivity contribution in [2.24, 2.45) is 5.73 Å². The Morgan fingerprint density at radius 1 is 1.46 bits per heavy atom. The molecule has 0 heterocycles. The smallest absolute Gasteiger partial charge is 0.126 e. The Labute approximate surface area is 78.8 Å². The molecule has 0 saturated carbocycles. The van der Waals surface area contributed by atoms with Crippen LogP contribution in [0.3, 0.4) is 0 Å². The summed E-state index contributed by atoms with van der Waals surface area (Å²) in [6, 6.07) is 5.21. The zero-order chi connectivity index (χ0) is 9.84. The molecule has 1 atom stereocenters. The highest BCUT2D eigenvalue weighted by Crippen LogP contribution is 2.12. The summed E-state index contributed by atoms with van der Waals surface area (Å²) in [6.45, 7) is 3.97. The number of rotatable bonds is 3. The van der Waals surface area contributed by atoms with E-state index in [0.29, 0.717) is 6.42 Å². The molecule has 0 aliphatic heterocycles. The van der Waals surface area contributed by atoms with Crippen LogP contribution < -0.4 is 5.73 Å². The topological polar surface area (TPSA) is 26.0 Å². The molecule has 72 valence electrons. The quantitative estimate of drug-likeness (QED) is 0.761. The van der Waals surface area contributed by atoms with Crippen LogP contribution in [-0.4, -0.2) is 6.04 Å². The van der Waals surface area contributed by atoms with E-state index in [-0.39, 0.29) is 11.9 Å². The van der Waals surface area contributed by atoms with Gasteiger partial charge < -0.3 is 5.73 Å². The molecule has 1 nitrogen and oxygen atoms in total. The normalized spacial score (nSPS) is 12.9. The molecule has 0 bridgehead atoms. The van der Waals surface area contributed by atoms with Crippen molar-refractivity contribution in [2.45, 2.75) is 32.7 Å². The monoisotopic (exact) mass is 181 g/mol. The summed E-state index contributed by atoms with van der Waals surface area (Å²) in [4.78, 5) is 0. The van der Waals surface area contributed by atoms with Gasteiger partial charge in [-0.05, 0) is 31.4 Å². The van der Waals surface area contributed by atoms with Gasteiger partial charge in [-0.15, -0.1) is 0 Å². The highest BCUT2D eigenvalue weighted by molar-refractivity contribution is 5.24. The number of nitrogens with two attached hydrogens (primary N) is 1. The predicted octanol–water partition coefficient (Wildman–Crippen LogP) is 2.41. The van der Waals surface area contributed by atoms with Gasteiger partial charge in [0.25, 0.3) is 0 Å². The Balaban J connectivity index is 2.81. The molecule has 2 heteroatoms. The fraction of sp³-hybridized carbons (Fsp3) is 0.455. The Bertz CT molecular complexity index is 283. The molecular weight excluding hydrogens is 165 g/mol. The van der Waals surface area contributed by atoms with E-state index in [1.54, 1.807) is 6.07 Å². The molecule has 0 aliphatic carbocycles. The maximum absolute atomic E-state index is 13.2. The number of halogens is 1. The lowest BCUT2D eigenvalue weighted by molar-refractivity contribution is 0.578. The third-order valence-corrected chi connectivity index (χ3v) is 2.21. The van der Waals surface area contributed by atoms with Gasteiger partial charge in [0, 0.05) is 6.04 Å². The molecule has 1 rings (SSSR count). The Hall–Kier alpha value is -0.890. The van der Waals surface area contributed by atoms with Crippen molar-refractivity contribution in [1.82, 2.24) is 0 Å². The summed E-state index contributed by atoms with van der Waals surface area (Å²) < 4.78 is 13.2. The molecule has 2 N–H and O–H groups in total. The van der Waals surface area contributed by atoms with E-state index < -0.39 is 0 Å². The van der Waals surface area contributed by atoms with Crippen LogP contribution in [0.4, 0.5) is 4.39 Å². The molecule has 0 aliphatic rings. The number of hydrogen-bond acceptors (Lipinski definition) is 1. The lowest BCUT2D eigenvalue weighted by Gasteiger charge is -2.09. The standard InChI is InChI=1S/C11H16FN/c1-3-10(13)7-9-6-8(2)4-5-11(9)12/h4-6,10H,3,7,13H2,1-2H3. The first kappa shape index (κ1) is 10.2. The third kappa shape index (κ3) is 2.81. The van der Waals surface area contributed by atoms with Crippen molar-refractivity contribution in [3.05, 3.63) is 35.1 Å². The Morgan fingerprint density at radius 3 is 2.77 bits per heavy atom. The molecule has 0 amide bonds. The Morgan fingerprint density at radius 2 is 2.15 bits per heavy atom. The van der Waals surface area contributed by atoms with Crippen LogP contribution in [0.25, 0.3) is 0 Å². The van der Waals surface area contributed by atoms with Crippen LogP contribution >= 0.6 is 0 Å². The highest BCUT2D eigenvalue weighted by Gasteiger charge is 2.06. The van der Waals surface area contributed by atoms with Gasteiger partial charge in [-0.2, -0.15) is 0 Å². The maximum Gasteiger partial charge on any atom is 0.126 e. The van der Waals surface area contributed by atoms with E-state index in [1.807, 2.05) is 19.9 Å². The molecule has 0 fully saturated rings. The van der Waals surface area contributed by atoms with Gasteiger partial charge in [0.1, 0.15) is 5.82 Å². The van der Waals surface area contributed by atoms with Gasteiger partial charge in [-0.1, -0.05) is 24.6 Å². The first-order chi connectivity index (χ1) is 6.13. The third-order valence-electron chi connectivity index (χ3n) is 2.21. The molecule has 1 unspecified atom stereocenters. The maximum atomic E-state index is 13.2.